The first-order chi connectivity index (χ1) is 9.52. The molecule has 6 nitrogen and oxygen atoms in total. The smallest absolute Gasteiger partial charge is 0.120 e. The number of benzene rings is 2. The van der Waals surface area contributed by atoms with E-state index in [1.807, 2.05) is 0 Å². The van der Waals surface area contributed by atoms with Gasteiger partial charge in [-0.2, -0.15) is 0 Å². The van der Waals surface area contributed by atoms with E-state index in [0.29, 0.717) is 5.56 Å². The van der Waals surface area contributed by atoms with Crippen molar-refractivity contribution in [3.63, 3.8) is 0 Å². The van der Waals surface area contributed by atoms with Crippen molar-refractivity contribution in [2.45, 2.75) is 12.1 Å². The van der Waals surface area contributed by atoms with E-state index in [-0.39, 0.29) is 22.3 Å². The normalized spacial score (nSPS) is 14.2. The average molecular weight is 276 g/mol. The fraction of sp³-hybridized carbons (Fsp3) is 0.143. The summed E-state index contributed by atoms with van der Waals surface area (Å²) in [6.07, 6.45) is 0. The number of rotatable bonds is 4. The number of nitrogens with two attached hydrogens (primary N) is 1. The summed E-state index contributed by atoms with van der Waals surface area (Å²) in [5, 5.41) is 38.4. The molecule has 6 heteroatoms. The van der Waals surface area contributed by atoms with Crippen LogP contribution in [0.5, 0.6) is 11.5 Å². The fourth-order valence-corrected chi connectivity index (χ4v) is 2.14. The molecule has 0 aliphatic carbocycles. The zero-order valence-electron chi connectivity index (χ0n) is 10.6. The summed E-state index contributed by atoms with van der Waals surface area (Å²) in [5.41, 5.74) is 6.59. The molecule has 0 radical (unpaired) electrons. The Morgan fingerprint density at radius 2 is 1.25 bits per heavy atom. The molecule has 0 bridgehead atoms. The standard InChI is InChI=1S/C14H16N2O4/c15-13(9-5-1-3-7-11(9)17)14(16(19)20)10-6-2-4-8-12(10)18/h1-8,13-14,17-20H,15H2. The maximum atomic E-state index is 9.83. The third kappa shape index (κ3) is 2.73. The predicted octanol–water partition coefficient (Wildman–Crippen LogP) is 1.92. The van der Waals surface area contributed by atoms with Crippen LogP contribution < -0.4 is 5.73 Å². The Balaban J connectivity index is 2.45. The molecule has 0 amide bonds. The maximum Gasteiger partial charge on any atom is 0.120 e. The Kier molecular flexibility index (Phi) is 4.21. The van der Waals surface area contributed by atoms with Gasteiger partial charge in [0, 0.05) is 11.1 Å². The van der Waals surface area contributed by atoms with E-state index in [1.165, 1.54) is 18.2 Å². The molecule has 0 heterocycles. The van der Waals surface area contributed by atoms with Crippen molar-refractivity contribution in [2.75, 3.05) is 0 Å². The zero-order chi connectivity index (χ0) is 14.7. The summed E-state index contributed by atoms with van der Waals surface area (Å²) in [6, 6.07) is 10.5. The Morgan fingerprint density at radius 1 is 0.800 bits per heavy atom. The molecular weight excluding hydrogens is 260 g/mol. The molecule has 2 aromatic rings. The number of hydroxylamine groups is 2. The fourth-order valence-electron chi connectivity index (χ4n) is 2.14. The van der Waals surface area contributed by atoms with Crippen LogP contribution in [0, 0.1) is 0 Å². The van der Waals surface area contributed by atoms with E-state index in [1.54, 1.807) is 30.3 Å². The van der Waals surface area contributed by atoms with Crippen molar-refractivity contribution in [1.29, 1.82) is 0 Å². The lowest BCUT2D eigenvalue weighted by molar-refractivity contribution is -0.338. The lowest BCUT2D eigenvalue weighted by atomic mass is 9.93. The van der Waals surface area contributed by atoms with Crippen molar-refractivity contribution in [3.05, 3.63) is 59.7 Å². The van der Waals surface area contributed by atoms with Gasteiger partial charge in [0.2, 0.25) is 0 Å². The van der Waals surface area contributed by atoms with Crippen LogP contribution in [-0.4, -0.2) is 25.9 Å². The molecule has 6 N–H and O–H groups in total. The van der Waals surface area contributed by atoms with E-state index in [0.717, 1.165) is 0 Å². The SMILES string of the molecule is NC(c1ccccc1O)C(c1ccccc1O)N(O)O. The lowest BCUT2D eigenvalue weighted by Crippen LogP contribution is -2.32. The Bertz CT molecular complexity index is 589. The van der Waals surface area contributed by atoms with Gasteiger partial charge in [-0.05, 0) is 12.1 Å². The Labute approximate surface area is 115 Å². The van der Waals surface area contributed by atoms with Gasteiger partial charge in [-0.25, -0.2) is 0 Å². The lowest BCUT2D eigenvalue weighted by Gasteiger charge is -2.28. The molecule has 20 heavy (non-hydrogen) atoms. The van der Waals surface area contributed by atoms with Crippen molar-refractivity contribution < 1.29 is 20.6 Å². The van der Waals surface area contributed by atoms with Crippen LogP contribution >= 0.6 is 0 Å². The number of hydrogen-bond donors (Lipinski definition) is 5. The van der Waals surface area contributed by atoms with E-state index in [9.17, 15) is 20.6 Å². The minimum absolute atomic E-state index is 0.0535. The quantitative estimate of drug-likeness (QED) is 0.546. The van der Waals surface area contributed by atoms with Gasteiger partial charge in [-0.1, -0.05) is 41.6 Å². The Hall–Kier alpha value is -2.12. The number of hydrogen-bond acceptors (Lipinski definition) is 6. The molecule has 0 fully saturated rings. The Morgan fingerprint density at radius 3 is 1.70 bits per heavy atom. The van der Waals surface area contributed by atoms with Crippen LogP contribution in [0.1, 0.15) is 23.2 Å². The van der Waals surface area contributed by atoms with Crippen LogP contribution in [0.15, 0.2) is 48.5 Å². The summed E-state index contributed by atoms with van der Waals surface area (Å²) >= 11 is 0. The monoisotopic (exact) mass is 276 g/mol. The molecule has 0 saturated heterocycles. The first kappa shape index (κ1) is 14.3. The molecule has 2 aromatic carbocycles. The molecular formula is C14H16N2O4. The summed E-state index contributed by atoms with van der Waals surface area (Å²) in [7, 11) is 0. The van der Waals surface area contributed by atoms with Gasteiger partial charge in [0.25, 0.3) is 0 Å². The average Bonchev–Trinajstić information content (AvgIpc) is 2.41. The topological polar surface area (TPSA) is 110 Å². The zero-order valence-corrected chi connectivity index (χ0v) is 10.6. The number of nitrogens with zero attached hydrogens (tertiary/aromatic N) is 1. The van der Waals surface area contributed by atoms with E-state index >= 15 is 0 Å². The van der Waals surface area contributed by atoms with Crippen LogP contribution in [0.4, 0.5) is 0 Å². The summed E-state index contributed by atoms with van der Waals surface area (Å²) in [5.74, 6) is -0.168. The number of aromatic hydroxyl groups is 2. The second-order valence-electron chi connectivity index (χ2n) is 4.41. The van der Waals surface area contributed by atoms with Gasteiger partial charge in [-0.15, -0.1) is 0 Å². The largest absolute Gasteiger partial charge is 0.508 e. The van der Waals surface area contributed by atoms with Crippen LogP contribution in [-0.2, 0) is 0 Å². The van der Waals surface area contributed by atoms with E-state index in [2.05, 4.69) is 0 Å². The van der Waals surface area contributed by atoms with E-state index < -0.39 is 12.1 Å². The molecule has 2 unspecified atom stereocenters. The summed E-state index contributed by atoms with van der Waals surface area (Å²) in [4.78, 5) is 0. The molecule has 0 aliphatic heterocycles. The van der Waals surface area contributed by atoms with Gasteiger partial charge in [0.15, 0.2) is 0 Å². The van der Waals surface area contributed by atoms with Gasteiger partial charge >= 0.3 is 0 Å². The highest BCUT2D eigenvalue weighted by atomic mass is 16.8. The van der Waals surface area contributed by atoms with Crippen molar-refractivity contribution in [1.82, 2.24) is 5.23 Å². The highest BCUT2D eigenvalue weighted by Gasteiger charge is 2.30. The minimum atomic E-state index is -1.12. The summed E-state index contributed by atoms with van der Waals surface area (Å²) < 4.78 is 0. The molecule has 106 valence electrons. The minimum Gasteiger partial charge on any atom is -0.508 e. The molecule has 2 rings (SSSR count). The van der Waals surface area contributed by atoms with Crippen molar-refractivity contribution >= 4 is 0 Å². The molecule has 0 spiro atoms. The van der Waals surface area contributed by atoms with Crippen LogP contribution in [0.2, 0.25) is 0 Å². The second-order valence-corrected chi connectivity index (χ2v) is 4.41. The number of phenols is 2. The van der Waals surface area contributed by atoms with Gasteiger partial charge in [-0.3, -0.25) is 10.4 Å². The highest BCUT2D eigenvalue weighted by Crippen LogP contribution is 2.37. The van der Waals surface area contributed by atoms with Crippen molar-refractivity contribution in [2.24, 2.45) is 5.73 Å². The predicted molar refractivity (Wildman–Crippen MR) is 71.3 cm³/mol. The molecule has 2 atom stereocenters. The van der Waals surface area contributed by atoms with Gasteiger partial charge in [0.1, 0.15) is 17.5 Å². The second kappa shape index (κ2) is 5.89. The van der Waals surface area contributed by atoms with Gasteiger partial charge < -0.3 is 15.9 Å². The third-order valence-electron chi connectivity index (χ3n) is 3.14. The highest BCUT2D eigenvalue weighted by molar-refractivity contribution is 5.40. The summed E-state index contributed by atoms with van der Waals surface area (Å²) in [6.45, 7) is 0. The van der Waals surface area contributed by atoms with Crippen LogP contribution in [0.3, 0.4) is 0 Å². The van der Waals surface area contributed by atoms with E-state index in [4.69, 9.17) is 5.73 Å². The number of phenolic OH excluding ortho intramolecular Hbond substituents is 2. The first-order valence-electron chi connectivity index (χ1n) is 6.00. The maximum absolute atomic E-state index is 9.83. The van der Waals surface area contributed by atoms with Crippen molar-refractivity contribution in [3.8, 4) is 11.5 Å². The molecule has 0 aromatic heterocycles. The molecule has 0 saturated carbocycles. The van der Waals surface area contributed by atoms with Gasteiger partial charge in [0.05, 0.1) is 6.04 Å². The first-order valence-corrected chi connectivity index (χ1v) is 6.00. The van der Waals surface area contributed by atoms with Crippen LogP contribution in [0.25, 0.3) is 0 Å². The third-order valence-corrected chi connectivity index (χ3v) is 3.14. The number of para-hydroxylation sites is 2. The molecule has 0 aliphatic rings.